The van der Waals surface area contributed by atoms with Gasteiger partial charge >= 0.3 is 6.36 Å². The second kappa shape index (κ2) is 6.45. The standard InChI is InChI=1S/C14H18F3NO2/c1-10-2-5-13(19-6-7-20-14(15,16)17)11(8-10)9-18-12-3-4-12/h2,5,8,12,18H,3-4,6-7,9H2,1H3. The molecule has 1 aliphatic rings. The molecule has 20 heavy (non-hydrogen) atoms. The highest BCUT2D eigenvalue weighted by molar-refractivity contribution is 5.37. The van der Waals surface area contributed by atoms with Crippen LogP contribution in [0.1, 0.15) is 24.0 Å². The maximum absolute atomic E-state index is 11.8. The molecule has 0 radical (unpaired) electrons. The first-order valence-electron chi connectivity index (χ1n) is 6.60. The minimum Gasteiger partial charge on any atom is -0.491 e. The molecule has 6 heteroatoms. The van der Waals surface area contributed by atoms with Crippen LogP contribution in [-0.2, 0) is 11.3 Å². The average Bonchev–Trinajstić information content (AvgIpc) is 3.16. The van der Waals surface area contributed by atoms with Crippen molar-refractivity contribution in [1.82, 2.24) is 5.32 Å². The quantitative estimate of drug-likeness (QED) is 0.782. The summed E-state index contributed by atoms with van der Waals surface area (Å²) in [5.74, 6) is 0.606. The lowest BCUT2D eigenvalue weighted by molar-refractivity contribution is -0.325. The Hall–Kier alpha value is -1.27. The molecule has 1 aromatic rings. The zero-order valence-electron chi connectivity index (χ0n) is 11.3. The van der Waals surface area contributed by atoms with Crippen molar-refractivity contribution in [2.24, 2.45) is 0 Å². The first-order chi connectivity index (χ1) is 9.44. The third-order valence-corrected chi connectivity index (χ3v) is 2.98. The maximum atomic E-state index is 11.8. The number of ether oxygens (including phenoxy) is 2. The van der Waals surface area contributed by atoms with E-state index in [0.717, 1.165) is 11.1 Å². The molecule has 1 saturated carbocycles. The Labute approximate surface area is 116 Å². The molecule has 0 spiro atoms. The van der Waals surface area contributed by atoms with E-state index in [-0.39, 0.29) is 6.61 Å². The molecule has 0 aromatic heterocycles. The van der Waals surface area contributed by atoms with Crippen LogP contribution in [0.5, 0.6) is 5.75 Å². The van der Waals surface area contributed by atoms with E-state index in [1.54, 1.807) is 6.07 Å². The van der Waals surface area contributed by atoms with Crippen molar-refractivity contribution in [2.45, 2.75) is 38.7 Å². The minimum absolute atomic E-state index is 0.126. The Morgan fingerprint density at radius 1 is 1.25 bits per heavy atom. The SMILES string of the molecule is Cc1ccc(OCCOC(F)(F)F)c(CNC2CC2)c1. The molecule has 0 heterocycles. The van der Waals surface area contributed by atoms with Crippen LogP contribution in [0.4, 0.5) is 13.2 Å². The minimum atomic E-state index is -4.60. The molecule has 0 atom stereocenters. The van der Waals surface area contributed by atoms with E-state index in [9.17, 15) is 13.2 Å². The monoisotopic (exact) mass is 289 g/mol. The molecule has 112 valence electrons. The summed E-state index contributed by atoms with van der Waals surface area (Å²) in [5.41, 5.74) is 2.06. The van der Waals surface area contributed by atoms with Crippen LogP contribution in [0.25, 0.3) is 0 Å². The molecular weight excluding hydrogens is 271 g/mol. The number of hydrogen-bond donors (Lipinski definition) is 1. The summed E-state index contributed by atoms with van der Waals surface area (Å²) in [7, 11) is 0. The third-order valence-electron chi connectivity index (χ3n) is 2.98. The summed E-state index contributed by atoms with van der Waals surface area (Å²) in [6.07, 6.45) is -2.24. The van der Waals surface area contributed by atoms with E-state index in [1.165, 1.54) is 12.8 Å². The first-order valence-corrected chi connectivity index (χ1v) is 6.60. The molecule has 1 aromatic carbocycles. The highest BCUT2D eigenvalue weighted by atomic mass is 19.4. The molecule has 0 unspecified atom stereocenters. The first kappa shape index (κ1) is 15.1. The van der Waals surface area contributed by atoms with Crippen LogP contribution in [0.3, 0.4) is 0 Å². The maximum Gasteiger partial charge on any atom is 0.522 e. The fraction of sp³-hybridized carbons (Fsp3) is 0.571. The molecule has 1 fully saturated rings. The predicted molar refractivity (Wildman–Crippen MR) is 68.5 cm³/mol. The smallest absolute Gasteiger partial charge is 0.491 e. The van der Waals surface area contributed by atoms with Crippen molar-refractivity contribution in [3.05, 3.63) is 29.3 Å². The Balaban J connectivity index is 1.85. The lowest BCUT2D eigenvalue weighted by Gasteiger charge is -2.13. The fourth-order valence-corrected chi connectivity index (χ4v) is 1.84. The number of benzene rings is 1. The Morgan fingerprint density at radius 3 is 2.65 bits per heavy atom. The van der Waals surface area contributed by atoms with Crippen LogP contribution in [0.2, 0.25) is 0 Å². The predicted octanol–water partition coefficient (Wildman–Crippen LogP) is 3.16. The van der Waals surface area contributed by atoms with Crippen molar-refractivity contribution in [1.29, 1.82) is 0 Å². The zero-order valence-corrected chi connectivity index (χ0v) is 11.3. The van der Waals surface area contributed by atoms with E-state index in [1.807, 2.05) is 19.1 Å². The van der Waals surface area contributed by atoms with Gasteiger partial charge in [0.25, 0.3) is 0 Å². The van der Waals surface area contributed by atoms with Gasteiger partial charge in [-0.3, -0.25) is 4.74 Å². The van der Waals surface area contributed by atoms with Gasteiger partial charge in [0.1, 0.15) is 12.4 Å². The van der Waals surface area contributed by atoms with Crippen LogP contribution < -0.4 is 10.1 Å². The van der Waals surface area contributed by atoms with Gasteiger partial charge in [-0.15, -0.1) is 13.2 Å². The Morgan fingerprint density at radius 2 is 2.00 bits per heavy atom. The largest absolute Gasteiger partial charge is 0.522 e. The molecule has 1 aliphatic carbocycles. The average molecular weight is 289 g/mol. The summed E-state index contributed by atoms with van der Waals surface area (Å²) < 4.78 is 44.6. The molecule has 0 bridgehead atoms. The normalized spacial score (nSPS) is 15.4. The highest BCUT2D eigenvalue weighted by Gasteiger charge is 2.28. The van der Waals surface area contributed by atoms with Crippen molar-refractivity contribution in [2.75, 3.05) is 13.2 Å². The van der Waals surface area contributed by atoms with Crippen LogP contribution in [-0.4, -0.2) is 25.6 Å². The van der Waals surface area contributed by atoms with Gasteiger partial charge in [0.2, 0.25) is 0 Å². The van der Waals surface area contributed by atoms with Crippen LogP contribution >= 0.6 is 0 Å². The summed E-state index contributed by atoms with van der Waals surface area (Å²) in [6.45, 7) is 2.00. The van der Waals surface area contributed by atoms with Gasteiger partial charge in [0.15, 0.2) is 0 Å². The molecule has 3 nitrogen and oxygen atoms in total. The van der Waals surface area contributed by atoms with Gasteiger partial charge < -0.3 is 10.1 Å². The van der Waals surface area contributed by atoms with Crippen molar-refractivity contribution >= 4 is 0 Å². The molecule has 0 amide bonds. The van der Waals surface area contributed by atoms with Gasteiger partial charge in [-0.25, -0.2) is 0 Å². The second-order valence-corrected chi connectivity index (χ2v) is 4.91. The number of alkyl halides is 3. The van der Waals surface area contributed by atoms with Crippen molar-refractivity contribution in [3.63, 3.8) is 0 Å². The van der Waals surface area contributed by atoms with Gasteiger partial charge in [-0.1, -0.05) is 17.7 Å². The van der Waals surface area contributed by atoms with Gasteiger partial charge in [-0.05, 0) is 25.8 Å². The van der Waals surface area contributed by atoms with E-state index in [4.69, 9.17) is 4.74 Å². The Bertz CT molecular complexity index is 445. The van der Waals surface area contributed by atoms with Crippen molar-refractivity contribution in [3.8, 4) is 5.75 Å². The van der Waals surface area contributed by atoms with Crippen LogP contribution in [0.15, 0.2) is 18.2 Å². The lowest BCUT2D eigenvalue weighted by atomic mass is 10.1. The molecule has 0 aliphatic heterocycles. The molecule has 2 rings (SSSR count). The number of rotatable bonds is 7. The molecule has 0 saturated heterocycles. The molecular formula is C14H18F3NO2. The lowest BCUT2D eigenvalue weighted by Crippen LogP contribution is -2.19. The second-order valence-electron chi connectivity index (χ2n) is 4.91. The van der Waals surface area contributed by atoms with E-state index in [0.29, 0.717) is 18.3 Å². The number of aryl methyl sites for hydroxylation is 1. The topological polar surface area (TPSA) is 30.5 Å². The third kappa shape index (κ3) is 5.38. The highest BCUT2D eigenvalue weighted by Crippen LogP contribution is 2.24. The zero-order chi connectivity index (χ0) is 14.6. The summed E-state index contributed by atoms with van der Waals surface area (Å²) >= 11 is 0. The number of halogens is 3. The fourth-order valence-electron chi connectivity index (χ4n) is 1.84. The summed E-state index contributed by atoms with van der Waals surface area (Å²) in [5, 5.41) is 3.36. The summed E-state index contributed by atoms with van der Waals surface area (Å²) in [6, 6.07) is 6.21. The van der Waals surface area contributed by atoms with Crippen molar-refractivity contribution < 1.29 is 22.6 Å². The van der Waals surface area contributed by atoms with Gasteiger partial charge in [-0.2, -0.15) is 0 Å². The molecule has 1 N–H and O–H groups in total. The summed E-state index contributed by atoms with van der Waals surface area (Å²) in [4.78, 5) is 0. The van der Waals surface area contributed by atoms with E-state index < -0.39 is 13.0 Å². The van der Waals surface area contributed by atoms with E-state index in [2.05, 4.69) is 10.1 Å². The van der Waals surface area contributed by atoms with Crippen LogP contribution in [0, 0.1) is 6.92 Å². The van der Waals surface area contributed by atoms with Gasteiger partial charge in [0.05, 0.1) is 6.61 Å². The van der Waals surface area contributed by atoms with Gasteiger partial charge in [0, 0.05) is 18.2 Å². The Kier molecular flexibility index (Phi) is 4.88. The number of nitrogens with one attached hydrogen (secondary N) is 1. The number of hydrogen-bond acceptors (Lipinski definition) is 3. The van der Waals surface area contributed by atoms with E-state index >= 15 is 0 Å².